The van der Waals surface area contributed by atoms with E-state index in [0.717, 1.165) is 35.5 Å². The third kappa shape index (κ3) is 6.44. The zero-order chi connectivity index (χ0) is 26.7. The van der Waals surface area contributed by atoms with Crippen molar-refractivity contribution in [2.75, 3.05) is 6.61 Å². The predicted octanol–water partition coefficient (Wildman–Crippen LogP) is 4.33. The summed E-state index contributed by atoms with van der Waals surface area (Å²) in [6, 6.07) is 0. The molecule has 0 unspecified atom stereocenters. The third-order valence-electron chi connectivity index (χ3n) is 8.53. The monoisotopic (exact) mass is 521 g/mol. The predicted molar refractivity (Wildman–Crippen MR) is 140 cm³/mol. The number of ketones is 1. The van der Waals surface area contributed by atoms with Crippen LogP contribution in [0, 0.1) is 22.7 Å². The van der Waals surface area contributed by atoms with Crippen molar-refractivity contribution in [2.45, 2.75) is 104 Å². The molecule has 3 rings (SSSR count). The number of fused-ring (bicyclic) bond motifs is 2. The highest BCUT2D eigenvalue weighted by atomic mass is 32.1. The van der Waals surface area contributed by atoms with Gasteiger partial charge in [-0.25, -0.2) is 4.98 Å². The summed E-state index contributed by atoms with van der Waals surface area (Å²) in [5.41, 5.74) is 0.211. The maximum atomic E-state index is 13.2. The van der Waals surface area contributed by atoms with E-state index >= 15 is 0 Å². The molecule has 1 aliphatic heterocycles. The highest BCUT2D eigenvalue weighted by Crippen LogP contribution is 2.45. The first-order valence-electron chi connectivity index (χ1n) is 13.3. The Morgan fingerprint density at radius 3 is 2.61 bits per heavy atom. The topological polar surface area (TPSA) is 117 Å². The summed E-state index contributed by atoms with van der Waals surface area (Å²) < 4.78 is 5.90. The number of esters is 1. The van der Waals surface area contributed by atoms with E-state index < -0.39 is 35.6 Å². The van der Waals surface area contributed by atoms with Crippen LogP contribution < -0.4 is 0 Å². The second-order valence-corrected chi connectivity index (χ2v) is 12.5. The smallest absolute Gasteiger partial charge is 0.309 e. The van der Waals surface area contributed by atoms with Gasteiger partial charge in [-0.2, -0.15) is 0 Å². The molecule has 0 amide bonds. The van der Waals surface area contributed by atoms with Crippen LogP contribution in [0.25, 0.3) is 6.08 Å². The van der Waals surface area contributed by atoms with Gasteiger partial charge in [0.05, 0.1) is 34.7 Å². The molecule has 1 aromatic heterocycles. The molecule has 8 heteroatoms. The van der Waals surface area contributed by atoms with E-state index in [1.165, 1.54) is 0 Å². The molecular weight excluding hydrogens is 478 g/mol. The Morgan fingerprint density at radius 1 is 1.25 bits per heavy atom. The maximum Gasteiger partial charge on any atom is 0.309 e. The van der Waals surface area contributed by atoms with E-state index in [1.807, 2.05) is 25.3 Å². The lowest BCUT2D eigenvalue weighted by Crippen LogP contribution is -2.54. The molecule has 2 aliphatic rings. The van der Waals surface area contributed by atoms with Gasteiger partial charge in [0.25, 0.3) is 0 Å². The van der Waals surface area contributed by atoms with Gasteiger partial charge in [0.1, 0.15) is 11.9 Å². The lowest BCUT2D eigenvalue weighted by atomic mass is 9.60. The summed E-state index contributed by atoms with van der Waals surface area (Å²) in [6.07, 6.45) is 3.81. The number of rotatable bonds is 4. The molecule has 1 aromatic rings. The molecule has 2 fully saturated rings. The van der Waals surface area contributed by atoms with Gasteiger partial charge in [0.15, 0.2) is 0 Å². The van der Waals surface area contributed by atoms with Gasteiger partial charge < -0.3 is 20.1 Å². The first-order valence-corrected chi connectivity index (χ1v) is 14.1. The first-order chi connectivity index (χ1) is 16.9. The van der Waals surface area contributed by atoms with Crippen LogP contribution in [0.3, 0.4) is 0 Å². The number of Topliss-reactive ketones (excluding diaryl/α,β-unsaturated/α-hetero) is 1. The molecule has 1 aliphatic carbocycles. The minimum Gasteiger partial charge on any atom is -0.458 e. The minimum absolute atomic E-state index is 0.0148. The van der Waals surface area contributed by atoms with Crippen molar-refractivity contribution in [2.24, 2.45) is 22.7 Å². The summed E-state index contributed by atoms with van der Waals surface area (Å²) in [5.74, 6) is -1.52. The average molecular weight is 522 g/mol. The van der Waals surface area contributed by atoms with Gasteiger partial charge >= 0.3 is 5.97 Å². The van der Waals surface area contributed by atoms with Crippen LogP contribution in [0.4, 0.5) is 0 Å². The summed E-state index contributed by atoms with van der Waals surface area (Å²) in [6.45, 7) is 9.45. The van der Waals surface area contributed by atoms with E-state index in [2.05, 4.69) is 11.9 Å². The highest BCUT2D eigenvalue weighted by molar-refractivity contribution is 7.09. The number of carbonyl (C=O) groups excluding carboxylic acids is 2. The van der Waals surface area contributed by atoms with Gasteiger partial charge in [-0.15, -0.1) is 11.3 Å². The Hall–Kier alpha value is -1.61. The molecule has 2 bridgehead atoms. The molecule has 7 nitrogen and oxygen atoms in total. The Morgan fingerprint density at radius 2 is 1.97 bits per heavy atom. The van der Waals surface area contributed by atoms with Crippen molar-refractivity contribution < 1.29 is 29.6 Å². The Balaban J connectivity index is 1.89. The number of hydrogen-bond donors (Lipinski definition) is 3. The molecule has 2 heterocycles. The third-order valence-corrected chi connectivity index (χ3v) is 9.54. The van der Waals surface area contributed by atoms with Gasteiger partial charge in [0.2, 0.25) is 0 Å². The van der Waals surface area contributed by atoms with E-state index in [-0.39, 0.29) is 30.1 Å². The van der Waals surface area contributed by atoms with Gasteiger partial charge in [-0.3, -0.25) is 9.59 Å². The SMILES string of the molecule is CCc1nc(/C=C(\C)[C@@H]2CC[C@@](C)(CO)CCC[C@@H]3C[C@@](C)(C(=O)[C@H](C)[C@H]3O)[C@@H](O)CC(=O)O2)cs1. The number of aryl methyl sites for hydroxylation is 1. The van der Waals surface area contributed by atoms with Crippen LogP contribution in [-0.4, -0.2) is 57.0 Å². The van der Waals surface area contributed by atoms with Crippen LogP contribution in [0.15, 0.2) is 11.0 Å². The van der Waals surface area contributed by atoms with Crippen molar-refractivity contribution in [3.05, 3.63) is 21.7 Å². The Labute approximate surface area is 219 Å². The van der Waals surface area contributed by atoms with Gasteiger partial charge in [0, 0.05) is 17.9 Å². The van der Waals surface area contributed by atoms with Crippen molar-refractivity contribution in [3.63, 3.8) is 0 Å². The molecule has 3 N–H and O–H groups in total. The Bertz CT molecular complexity index is 960. The van der Waals surface area contributed by atoms with Crippen LogP contribution in [0.5, 0.6) is 0 Å². The molecule has 202 valence electrons. The fourth-order valence-corrected chi connectivity index (χ4v) is 6.53. The van der Waals surface area contributed by atoms with Crippen LogP contribution in [0.2, 0.25) is 0 Å². The van der Waals surface area contributed by atoms with Crippen molar-refractivity contribution >= 4 is 29.2 Å². The summed E-state index contributed by atoms with van der Waals surface area (Å²) in [4.78, 5) is 30.8. The largest absolute Gasteiger partial charge is 0.458 e. The number of aliphatic hydroxyl groups is 3. The molecule has 0 radical (unpaired) electrons. The normalized spacial score (nSPS) is 37.3. The molecule has 7 atom stereocenters. The molecule has 36 heavy (non-hydrogen) atoms. The lowest BCUT2D eigenvalue weighted by molar-refractivity contribution is -0.162. The number of cyclic esters (lactones) is 1. The lowest BCUT2D eigenvalue weighted by Gasteiger charge is -2.45. The molecule has 0 aromatic carbocycles. The van der Waals surface area contributed by atoms with E-state index in [0.29, 0.717) is 25.7 Å². The van der Waals surface area contributed by atoms with E-state index in [1.54, 1.807) is 25.2 Å². The van der Waals surface area contributed by atoms with Crippen molar-refractivity contribution in [1.82, 2.24) is 4.98 Å². The minimum atomic E-state index is -1.18. The van der Waals surface area contributed by atoms with Crippen molar-refractivity contribution in [1.29, 1.82) is 0 Å². The summed E-state index contributed by atoms with van der Waals surface area (Å²) >= 11 is 1.59. The van der Waals surface area contributed by atoms with Crippen LogP contribution >= 0.6 is 11.3 Å². The number of aromatic nitrogens is 1. The maximum absolute atomic E-state index is 13.2. The average Bonchev–Trinajstić information content (AvgIpc) is 3.30. The number of carbonyl (C=O) groups is 2. The number of thiazole rings is 1. The molecule has 1 saturated carbocycles. The van der Waals surface area contributed by atoms with Crippen LogP contribution in [-0.2, 0) is 20.7 Å². The standard InChI is InChI=1S/C28H43NO6S/c1-6-23-29-20(15-36-23)12-17(2)21-9-11-27(4,16-30)10-7-8-19-14-28(5,22(31)13-24(32)35-21)26(34)18(3)25(19)33/h12,15,18-19,21-22,25,30-31,33H,6-11,13-14,16H2,1-5H3/b17-12+/t18-,19-,21+,22+,25-,27+,28-/m1/s1. The molecule has 1 saturated heterocycles. The fourth-order valence-electron chi connectivity index (χ4n) is 5.83. The Kier molecular flexibility index (Phi) is 9.52. The number of hydrogen-bond acceptors (Lipinski definition) is 8. The van der Waals surface area contributed by atoms with E-state index in [4.69, 9.17) is 4.74 Å². The number of aliphatic hydroxyl groups excluding tert-OH is 3. The summed E-state index contributed by atoms with van der Waals surface area (Å²) in [5, 5.41) is 35.1. The first kappa shape index (κ1) is 29.0. The second kappa shape index (κ2) is 11.8. The number of ether oxygens (including phenoxy) is 1. The fraction of sp³-hybridized carbons (Fsp3) is 0.750. The number of nitrogens with zero attached hydrogens (tertiary/aromatic N) is 1. The van der Waals surface area contributed by atoms with Gasteiger partial charge in [-0.05, 0) is 68.4 Å². The zero-order valence-corrected chi connectivity index (χ0v) is 23.1. The highest BCUT2D eigenvalue weighted by Gasteiger charge is 2.52. The zero-order valence-electron chi connectivity index (χ0n) is 22.3. The van der Waals surface area contributed by atoms with Gasteiger partial charge in [-0.1, -0.05) is 34.1 Å². The quantitative estimate of drug-likeness (QED) is 0.505. The molecular formula is C28H43NO6S. The van der Waals surface area contributed by atoms with Crippen molar-refractivity contribution in [3.8, 4) is 0 Å². The summed E-state index contributed by atoms with van der Waals surface area (Å²) in [7, 11) is 0. The van der Waals surface area contributed by atoms with E-state index in [9.17, 15) is 24.9 Å². The second-order valence-electron chi connectivity index (χ2n) is 11.5. The van der Waals surface area contributed by atoms with Crippen LogP contribution in [0.1, 0.15) is 90.3 Å². The molecule has 0 spiro atoms.